The highest BCUT2D eigenvalue weighted by Gasteiger charge is 2.04. The second-order valence-electron chi connectivity index (χ2n) is 5.00. The number of hydrogen-bond acceptors (Lipinski definition) is 3. The second-order valence-corrected chi connectivity index (χ2v) is 5.00. The van der Waals surface area contributed by atoms with Gasteiger partial charge in [-0.1, -0.05) is 6.92 Å². The number of hydrogen-bond donors (Lipinski definition) is 1. The maximum absolute atomic E-state index is 11.8. The van der Waals surface area contributed by atoms with Crippen molar-refractivity contribution in [2.45, 2.75) is 19.8 Å². The molecule has 1 aromatic heterocycles. The zero-order valence-corrected chi connectivity index (χ0v) is 13.0. The lowest BCUT2D eigenvalue weighted by molar-refractivity contribution is -0.120. The van der Waals surface area contributed by atoms with Crippen LogP contribution in [0.3, 0.4) is 0 Å². The highest BCUT2D eigenvalue weighted by atomic mass is 16.5. The van der Waals surface area contributed by atoms with E-state index in [1.165, 1.54) is 0 Å². The van der Waals surface area contributed by atoms with Crippen LogP contribution in [0.5, 0.6) is 5.75 Å². The summed E-state index contributed by atoms with van der Waals surface area (Å²) in [4.78, 5) is 11.8. The molecule has 5 heteroatoms. The summed E-state index contributed by atoms with van der Waals surface area (Å²) in [5.74, 6) is 0.702. The number of amides is 1. The number of benzene rings is 1. The fourth-order valence-corrected chi connectivity index (χ4v) is 1.93. The third-order valence-electron chi connectivity index (χ3n) is 3.15. The standard InChI is InChI=1S/C17H21N3O2/c1-3-11-22-16-8-6-14(7-9-16)13-18-19-17(21)12-15-5-4-10-20(15)2/h4-10,13H,3,11-12H2,1-2H3,(H,19,21)/b18-13+. The molecule has 0 spiro atoms. The van der Waals surface area contributed by atoms with Crippen LogP contribution in [0, 0.1) is 0 Å². The fourth-order valence-electron chi connectivity index (χ4n) is 1.93. The summed E-state index contributed by atoms with van der Waals surface area (Å²) < 4.78 is 7.42. The number of ether oxygens (including phenoxy) is 1. The molecule has 1 aromatic carbocycles. The van der Waals surface area contributed by atoms with Gasteiger partial charge in [-0.05, 0) is 48.4 Å². The maximum atomic E-state index is 11.8. The van der Waals surface area contributed by atoms with E-state index in [-0.39, 0.29) is 5.91 Å². The van der Waals surface area contributed by atoms with E-state index in [4.69, 9.17) is 4.74 Å². The molecule has 0 fully saturated rings. The van der Waals surface area contributed by atoms with E-state index in [1.54, 1.807) is 6.21 Å². The summed E-state index contributed by atoms with van der Waals surface area (Å²) in [5.41, 5.74) is 4.39. The second kappa shape index (κ2) is 8.02. The van der Waals surface area contributed by atoms with Gasteiger partial charge < -0.3 is 9.30 Å². The van der Waals surface area contributed by atoms with Crippen LogP contribution in [0.15, 0.2) is 47.7 Å². The molecule has 0 aliphatic heterocycles. The summed E-state index contributed by atoms with van der Waals surface area (Å²) >= 11 is 0. The minimum Gasteiger partial charge on any atom is -0.494 e. The minimum atomic E-state index is -0.138. The summed E-state index contributed by atoms with van der Waals surface area (Å²) in [7, 11) is 1.91. The molecule has 2 rings (SSSR count). The minimum absolute atomic E-state index is 0.138. The lowest BCUT2D eigenvalue weighted by Gasteiger charge is -2.04. The van der Waals surface area contributed by atoms with E-state index in [2.05, 4.69) is 17.5 Å². The molecule has 0 saturated carbocycles. The number of carbonyl (C=O) groups is 1. The van der Waals surface area contributed by atoms with Gasteiger partial charge in [-0.2, -0.15) is 5.10 Å². The normalized spacial score (nSPS) is 10.8. The lowest BCUT2D eigenvalue weighted by atomic mass is 10.2. The Labute approximate surface area is 130 Å². The topological polar surface area (TPSA) is 55.6 Å². The van der Waals surface area contributed by atoms with Gasteiger partial charge in [0.2, 0.25) is 5.91 Å². The first kappa shape index (κ1) is 15.8. The van der Waals surface area contributed by atoms with Crippen LogP contribution in [-0.2, 0) is 18.3 Å². The van der Waals surface area contributed by atoms with Gasteiger partial charge in [-0.25, -0.2) is 5.43 Å². The zero-order chi connectivity index (χ0) is 15.8. The smallest absolute Gasteiger partial charge is 0.245 e. The van der Waals surface area contributed by atoms with Crippen molar-refractivity contribution in [3.05, 3.63) is 53.9 Å². The Bertz CT molecular complexity index is 630. The molecule has 0 atom stereocenters. The van der Waals surface area contributed by atoms with Crippen LogP contribution < -0.4 is 10.2 Å². The molecule has 5 nitrogen and oxygen atoms in total. The van der Waals surface area contributed by atoms with Crippen molar-refractivity contribution in [1.29, 1.82) is 0 Å². The molecule has 2 aromatic rings. The summed E-state index contributed by atoms with van der Waals surface area (Å²) in [6.07, 6.45) is 4.82. The average Bonchev–Trinajstić information content (AvgIpc) is 2.91. The summed E-state index contributed by atoms with van der Waals surface area (Å²) in [5, 5.41) is 3.97. The van der Waals surface area contributed by atoms with Crippen LogP contribution >= 0.6 is 0 Å². The van der Waals surface area contributed by atoms with Crippen molar-refractivity contribution in [3.8, 4) is 5.75 Å². The van der Waals surface area contributed by atoms with E-state index >= 15 is 0 Å². The Balaban J connectivity index is 1.81. The summed E-state index contributed by atoms with van der Waals surface area (Å²) in [6, 6.07) is 11.4. The number of carbonyl (C=O) groups excluding carboxylic acids is 1. The molecular formula is C17H21N3O2. The molecule has 116 valence electrons. The van der Waals surface area contributed by atoms with Crippen molar-refractivity contribution >= 4 is 12.1 Å². The Hall–Kier alpha value is -2.56. The Morgan fingerprint density at radius 2 is 2.09 bits per heavy atom. The van der Waals surface area contributed by atoms with Gasteiger partial charge in [-0.15, -0.1) is 0 Å². The van der Waals surface area contributed by atoms with Crippen molar-refractivity contribution in [2.24, 2.45) is 12.1 Å². The molecule has 0 unspecified atom stereocenters. The Morgan fingerprint density at radius 3 is 2.73 bits per heavy atom. The van der Waals surface area contributed by atoms with E-state index in [0.29, 0.717) is 13.0 Å². The molecule has 1 N–H and O–H groups in total. The quantitative estimate of drug-likeness (QED) is 0.631. The summed E-state index contributed by atoms with van der Waals surface area (Å²) in [6.45, 7) is 2.78. The highest BCUT2D eigenvalue weighted by molar-refractivity contribution is 5.83. The number of aryl methyl sites for hydroxylation is 1. The van der Waals surface area contributed by atoms with Crippen molar-refractivity contribution in [3.63, 3.8) is 0 Å². The first-order valence-corrected chi connectivity index (χ1v) is 7.34. The van der Waals surface area contributed by atoms with Gasteiger partial charge in [0.05, 0.1) is 19.2 Å². The average molecular weight is 299 g/mol. The molecule has 0 aliphatic carbocycles. The van der Waals surface area contributed by atoms with E-state index < -0.39 is 0 Å². The van der Waals surface area contributed by atoms with E-state index in [0.717, 1.165) is 23.4 Å². The van der Waals surface area contributed by atoms with Gasteiger partial charge in [0.25, 0.3) is 0 Å². The van der Waals surface area contributed by atoms with Gasteiger partial charge in [0.1, 0.15) is 5.75 Å². The van der Waals surface area contributed by atoms with Crippen LogP contribution in [0.2, 0.25) is 0 Å². The van der Waals surface area contributed by atoms with E-state index in [9.17, 15) is 4.79 Å². The number of nitrogens with zero attached hydrogens (tertiary/aromatic N) is 2. The predicted octanol–water partition coefficient (Wildman–Crippen LogP) is 2.51. The van der Waals surface area contributed by atoms with Crippen LogP contribution in [0.25, 0.3) is 0 Å². The fraction of sp³-hybridized carbons (Fsp3) is 0.294. The highest BCUT2D eigenvalue weighted by Crippen LogP contribution is 2.11. The van der Waals surface area contributed by atoms with Crippen LogP contribution in [0.4, 0.5) is 0 Å². The zero-order valence-electron chi connectivity index (χ0n) is 13.0. The predicted molar refractivity (Wildman–Crippen MR) is 87.1 cm³/mol. The molecule has 0 saturated heterocycles. The van der Waals surface area contributed by atoms with Gasteiger partial charge in [0, 0.05) is 18.9 Å². The number of aromatic nitrogens is 1. The number of nitrogens with one attached hydrogen (secondary N) is 1. The Morgan fingerprint density at radius 1 is 1.32 bits per heavy atom. The molecule has 0 bridgehead atoms. The van der Waals surface area contributed by atoms with Crippen molar-refractivity contribution < 1.29 is 9.53 Å². The molecule has 22 heavy (non-hydrogen) atoms. The lowest BCUT2D eigenvalue weighted by Crippen LogP contribution is -2.20. The first-order chi connectivity index (χ1) is 10.7. The SMILES string of the molecule is CCCOc1ccc(/C=N/NC(=O)Cc2cccn2C)cc1. The first-order valence-electron chi connectivity index (χ1n) is 7.34. The molecule has 0 radical (unpaired) electrons. The molecular weight excluding hydrogens is 278 g/mol. The maximum Gasteiger partial charge on any atom is 0.245 e. The monoisotopic (exact) mass is 299 g/mol. The van der Waals surface area contributed by atoms with Crippen molar-refractivity contribution in [2.75, 3.05) is 6.61 Å². The third kappa shape index (κ3) is 4.77. The van der Waals surface area contributed by atoms with Crippen LogP contribution in [0.1, 0.15) is 24.6 Å². The number of hydrazone groups is 1. The molecule has 0 aliphatic rings. The largest absolute Gasteiger partial charge is 0.494 e. The van der Waals surface area contributed by atoms with Gasteiger partial charge >= 0.3 is 0 Å². The third-order valence-corrected chi connectivity index (χ3v) is 3.15. The van der Waals surface area contributed by atoms with Crippen LogP contribution in [-0.4, -0.2) is 23.3 Å². The van der Waals surface area contributed by atoms with Gasteiger partial charge in [-0.3, -0.25) is 4.79 Å². The van der Waals surface area contributed by atoms with Crippen molar-refractivity contribution in [1.82, 2.24) is 9.99 Å². The van der Waals surface area contributed by atoms with E-state index in [1.807, 2.05) is 54.2 Å². The molecule has 1 heterocycles. The number of rotatable bonds is 7. The molecule has 1 amide bonds. The Kier molecular flexibility index (Phi) is 5.77. The van der Waals surface area contributed by atoms with Gasteiger partial charge in [0.15, 0.2) is 0 Å².